The van der Waals surface area contributed by atoms with Crippen LogP contribution >= 0.6 is 0 Å². The first kappa shape index (κ1) is 13.5. The maximum Gasteiger partial charge on any atom is 0.243 e. The van der Waals surface area contributed by atoms with Crippen molar-refractivity contribution in [3.63, 3.8) is 0 Å². The van der Waals surface area contributed by atoms with Crippen LogP contribution in [0.25, 0.3) is 0 Å². The van der Waals surface area contributed by atoms with Gasteiger partial charge in [0.25, 0.3) is 0 Å². The highest BCUT2D eigenvalue weighted by Crippen LogP contribution is 2.15. The molecule has 0 bridgehead atoms. The SMILES string of the molecule is C=CC(=O)NCCCC(=O)C(C)(C)C=O. The van der Waals surface area contributed by atoms with E-state index in [0.717, 1.165) is 0 Å². The molecule has 4 nitrogen and oxygen atoms in total. The zero-order chi connectivity index (χ0) is 11.9. The van der Waals surface area contributed by atoms with E-state index in [0.29, 0.717) is 25.7 Å². The topological polar surface area (TPSA) is 63.2 Å². The molecule has 84 valence electrons. The predicted molar refractivity (Wildman–Crippen MR) is 57.3 cm³/mol. The Hall–Kier alpha value is -1.45. The number of amides is 1. The van der Waals surface area contributed by atoms with Crippen molar-refractivity contribution < 1.29 is 14.4 Å². The second kappa shape index (κ2) is 6.11. The Morgan fingerprint density at radius 1 is 1.40 bits per heavy atom. The summed E-state index contributed by atoms with van der Waals surface area (Å²) in [6.07, 6.45) is 2.66. The smallest absolute Gasteiger partial charge is 0.243 e. The Balaban J connectivity index is 3.78. The average molecular weight is 211 g/mol. The molecule has 0 aromatic rings. The monoisotopic (exact) mass is 211 g/mol. The van der Waals surface area contributed by atoms with Crippen LogP contribution in [0.1, 0.15) is 26.7 Å². The van der Waals surface area contributed by atoms with E-state index >= 15 is 0 Å². The summed E-state index contributed by atoms with van der Waals surface area (Å²) in [6.45, 7) is 6.90. The second-order valence-electron chi connectivity index (χ2n) is 3.86. The number of carbonyl (C=O) groups is 3. The van der Waals surface area contributed by atoms with Crippen molar-refractivity contribution in [1.82, 2.24) is 5.32 Å². The first-order valence-electron chi connectivity index (χ1n) is 4.84. The van der Waals surface area contributed by atoms with Gasteiger partial charge in [0.1, 0.15) is 12.1 Å². The van der Waals surface area contributed by atoms with Gasteiger partial charge in [0.15, 0.2) is 0 Å². The van der Waals surface area contributed by atoms with Crippen molar-refractivity contribution in [3.8, 4) is 0 Å². The molecule has 0 unspecified atom stereocenters. The fourth-order valence-corrected chi connectivity index (χ4v) is 0.921. The van der Waals surface area contributed by atoms with Crippen LogP contribution in [0, 0.1) is 5.41 Å². The number of hydrogen-bond donors (Lipinski definition) is 1. The van der Waals surface area contributed by atoms with Crippen LogP contribution < -0.4 is 5.32 Å². The summed E-state index contributed by atoms with van der Waals surface area (Å²) in [7, 11) is 0. The molecular formula is C11H17NO3. The second-order valence-corrected chi connectivity index (χ2v) is 3.86. The molecule has 0 aliphatic rings. The summed E-state index contributed by atoms with van der Waals surface area (Å²) in [5.41, 5.74) is -0.914. The van der Waals surface area contributed by atoms with Crippen LogP contribution in [-0.2, 0) is 14.4 Å². The number of nitrogens with one attached hydrogen (secondary N) is 1. The summed E-state index contributed by atoms with van der Waals surface area (Å²) in [5.74, 6) is -0.359. The summed E-state index contributed by atoms with van der Waals surface area (Å²) in [4.78, 5) is 32.7. The Kier molecular flexibility index (Phi) is 5.52. The third-order valence-corrected chi connectivity index (χ3v) is 2.08. The highest BCUT2D eigenvalue weighted by molar-refractivity contribution is 5.97. The van der Waals surface area contributed by atoms with E-state index in [1.807, 2.05) is 0 Å². The molecule has 0 spiro atoms. The lowest BCUT2D eigenvalue weighted by Gasteiger charge is -2.14. The molecule has 1 amide bonds. The van der Waals surface area contributed by atoms with Crippen LogP contribution in [0.2, 0.25) is 0 Å². The number of ketones is 1. The van der Waals surface area contributed by atoms with Crippen LogP contribution in [0.5, 0.6) is 0 Å². The molecule has 1 N–H and O–H groups in total. The van der Waals surface area contributed by atoms with Crippen molar-refractivity contribution in [2.24, 2.45) is 5.41 Å². The van der Waals surface area contributed by atoms with E-state index < -0.39 is 5.41 Å². The zero-order valence-electron chi connectivity index (χ0n) is 9.21. The van der Waals surface area contributed by atoms with Gasteiger partial charge in [-0.15, -0.1) is 0 Å². The van der Waals surface area contributed by atoms with E-state index in [4.69, 9.17) is 0 Å². The molecule has 4 heteroatoms. The molecule has 0 rings (SSSR count). The van der Waals surface area contributed by atoms with Crippen LogP contribution in [-0.4, -0.2) is 24.5 Å². The molecule has 0 fully saturated rings. The van der Waals surface area contributed by atoms with E-state index in [-0.39, 0.29) is 11.7 Å². The Morgan fingerprint density at radius 3 is 2.47 bits per heavy atom. The summed E-state index contributed by atoms with van der Waals surface area (Å²) in [5, 5.41) is 2.56. The molecule has 0 aliphatic heterocycles. The predicted octanol–water partition coefficient (Wildman–Crippen LogP) is 0.863. The third-order valence-electron chi connectivity index (χ3n) is 2.08. The molecule has 0 heterocycles. The fraction of sp³-hybridized carbons (Fsp3) is 0.545. The maximum absolute atomic E-state index is 11.4. The summed E-state index contributed by atoms with van der Waals surface area (Å²) < 4.78 is 0. The zero-order valence-corrected chi connectivity index (χ0v) is 9.21. The first-order valence-corrected chi connectivity index (χ1v) is 4.84. The van der Waals surface area contributed by atoms with Gasteiger partial charge in [-0.05, 0) is 26.3 Å². The lowest BCUT2D eigenvalue weighted by Crippen LogP contribution is -2.27. The molecule has 0 aromatic heterocycles. The van der Waals surface area contributed by atoms with Crippen molar-refractivity contribution in [2.75, 3.05) is 6.54 Å². The van der Waals surface area contributed by atoms with Crippen molar-refractivity contribution in [1.29, 1.82) is 0 Å². The van der Waals surface area contributed by atoms with Gasteiger partial charge in [0.05, 0.1) is 5.41 Å². The average Bonchev–Trinajstić information content (AvgIpc) is 2.23. The fourth-order valence-electron chi connectivity index (χ4n) is 0.921. The standard InChI is InChI=1S/C11H17NO3/c1-4-10(15)12-7-5-6-9(14)11(2,3)8-13/h4,8H,1,5-7H2,2-3H3,(H,12,15). The summed E-state index contributed by atoms with van der Waals surface area (Å²) in [6, 6.07) is 0. The Labute approximate surface area is 89.7 Å². The maximum atomic E-state index is 11.4. The van der Waals surface area contributed by atoms with Gasteiger partial charge in [-0.1, -0.05) is 6.58 Å². The van der Waals surface area contributed by atoms with Crippen molar-refractivity contribution in [2.45, 2.75) is 26.7 Å². The van der Waals surface area contributed by atoms with Gasteiger partial charge < -0.3 is 10.1 Å². The minimum absolute atomic E-state index is 0.106. The highest BCUT2D eigenvalue weighted by Gasteiger charge is 2.25. The summed E-state index contributed by atoms with van der Waals surface area (Å²) >= 11 is 0. The van der Waals surface area contributed by atoms with E-state index in [9.17, 15) is 14.4 Å². The number of aldehydes is 1. The molecule has 0 aliphatic carbocycles. The minimum atomic E-state index is -0.914. The van der Waals surface area contributed by atoms with Crippen molar-refractivity contribution >= 4 is 18.0 Å². The van der Waals surface area contributed by atoms with Crippen LogP contribution in [0.15, 0.2) is 12.7 Å². The van der Waals surface area contributed by atoms with Gasteiger partial charge in [0.2, 0.25) is 5.91 Å². The molecular weight excluding hydrogens is 194 g/mol. The lowest BCUT2D eigenvalue weighted by atomic mass is 9.87. The molecule has 0 aromatic carbocycles. The number of hydrogen-bond acceptors (Lipinski definition) is 3. The Bertz CT molecular complexity index is 269. The van der Waals surface area contributed by atoms with Gasteiger partial charge >= 0.3 is 0 Å². The van der Waals surface area contributed by atoms with E-state index in [1.54, 1.807) is 13.8 Å². The van der Waals surface area contributed by atoms with Gasteiger partial charge in [-0.2, -0.15) is 0 Å². The van der Waals surface area contributed by atoms with Crippen molar-refractivity contribution in [3.05, 3.63) is 12.7 Å². The third kappa shape index (κ3) is 5.10. The first-order chi connectivity index (χ1) is 6.94. The quantitative estimate of drug-likeness (QED) is 0.294. The molecule has 0 saturated heterocycles. The van der Waals surface area contributed by atoms with E-state index in [2.05, 4.69) is 11.9 Å². The number of Topliss-reactive ketones (excluding diaryl/α,β-unsaturated/α-hetero) is 1. The minimum Gasteiger partial charge on any atom is -0.353 e. The number of rotatable bonds is 7. The molecule has 15 heavy (non-hydrogen) atoms. The molecule has 0 saturated carbocycles. The highest BCUT2D eigenvalue weighted by atomic mass is 16.2. The molecule has 0 radical (unpaired) electrons. The van der Waals surface area contributed by atoms with Crippen LogP contribution in [0.3, 0.4) is 0 Å². The normalized spacial score (nSPS) is 10.5. The van der Waals surface area contributed by atoms with Gasteiger partial charge in [-0.25, -0.2) is 0 Å². The Morgan fingerprint density at radius 2 is 2.00 bits per heavy atom. The van der Waals surface area contributed by atoms with Gasteiger partial charge in [-0.3, -0.25) is 9.59 Å². The van der Waals surface area contributed by atoms with E-state index in [1.165, 1.54) is 6.08 Å². The largest absolute Gasteiger partial charge is 0.353 e. The number of carbonyl (C=O) groups excluding carboxylic acids is 3. The van der Waals surface area contributed by atoms with Gasteiger partial charge in [0, 0.05) is 13.0 Å². The van der Waals surface area contributed by atoms with Crippen LogP contribution in [0.4, 0.5) is 0 Å². The lowest BCUT2D eigenvalue weighted by molar-refractivity contribution is -0.132. The molecule has 0 atom stereocenters.